The Balaban J connectivity index is 1.97. The minimum absolute atomic E-state index is 1.07. The number of rotatable bonds is 4. The van der Waals surface area contributed by atoms with Crippen molar-refractivity contribution in [3.8, 4) is 0 Å². The lowest BCUT2D eigenvalue weighted by Crippen LogP contribution is -1.83. The molecule has 0 atom stereocenters. The molecular weight excluding hydrogens is 424 g/mol. The van der Waals surface area contributed by atoms with Gasteiger partial charge in [-0.3, -0.25) is 0 Å². The summed E-state index contributed by atoms with van der Waals surface area (Å²) in [6, 6.07) is 29.0. The Morgan fingerprint density at radius 1 is 0.500 bits per heavy atom. The summed E-state index contributed by atoms with van der Waals surface area (Å²) in [5.41, 5.74) is 4.67. The summed E-state index contributed by atoms with van der Waals surface area (Å²) in [6.45, 7) is 0. The first-order chi connectivity index (χ1) is 11.7. The standard InChI is InChI=1S/C22H16Br2/c23-21(17-9-3-1-4-10-17)15-19-13-7-8-14-20(19)16-22(24)18-11-5-2-6-12-18/h1-16H/b21-15-,22-16-. The van der Waals surface area contributed by atoms with Gasteiger partial charge in [0, 0.05) is 8.96 Å². The maximum atomic E-state index is 3.70. The zero-order valence-electron chi connectivity index (χ0n) is 13.0. The van der Waals surface area contributed by atoms with Crippen LogP contribution in [-0.2, 0) is 0 Å². The summed E-state index contributed by atoms with van der Waals surface area (Å²) >= 11 is 7.39. The first-order valence-electron chi connectivity index (χ1n) is 7.68. The largest absolute Gasteiger partial charge is 0.0622 e. The molecule has 0 aromatic heterocycles. The Morgan fingerprint density at radius 3 is 1.21 bits per heavy atom. The molecule has 0 N–H and O–H groups in total. The van der Waals surface area contributed by atoms with E-state index >= 15 is 0 Å². The fourth-order valence-electron chi connectivity index (χ4n) is 2.41. The molecule has 0 aliphatic rings. The molecule has 0 nitrogen and oxygen atoms in total. The van der Waals surface area contributed by atoms with Crippen LogP contribution in [0.25, 0.3) is 21.1 Å². The van der Waals surface area contributed by atoms with E-state index in [1.807, 2.05) is 36.4 Å². The first kappa shape index (κ1) is 16.9. The van der Waals surface area contributed by atoms with Gasteiger partial charge < -0.3 is 0 Å². The average molecular weight is 440 g/mol. The Bertz CT molecular complexity index is 788. The van der Waals surface area contributed by atoms with E-state index in [2.05, 4.69) is 92.5 Å². The summed E-state index contributed by atoms with van der Waals surface area (Å²) < 4.78 is 2.14. The van der Waals surface area contributed by atoms with Crippen molar-refractivity contribution >= 4 is 53.0 Å². The fourth-order valence-corrected chi connectivity index (χ4v) is 3.43. The first-order valence-corrected chi connectivity index (χ1v) is 9.27. The highest BCUT2D eigenvalue weighted by molar-refractivity contribution is 9.15. The number of halogens is 2. The molecule has 0 saturated carbocycles. The molecule has 0 amide bonds. The number of hydrogen-bond donors (Lipinski definition) is 0. The Labute approximate surface area is 159 Å². The van der Waals surface area contributed by atoms with Crippen molar-refractivity contribution in [2.75, 3.05) is 0 Å². The third kappa shape index (κ3) is 4.34. The van der Waals surface area contributed by atoms with Crippen LogP contribution in [0.5, 0.6) is 0 Å². The van der Waals surface area contributed by atoms with Crippen molar-refractivity contribution in [2.45, 2.75) is 0 Å². The predicted molar refractivity (Wildman–Crippen MR) is 113 cm³/mol. The molecule has 0 bridgehead atoms. The molecule has 24 heavy (non-hydrogen) atoms. The SMILES string of the molecule is Br/C(=C\c1ccccc1/C=C(\Br)c1ccccc1)c1ccccc1. The van der Waals surface area contributed by atoms with Crippen LogP contribution in [0, 0.1) is 0 Å². The summed E-state index contributed by atoms with van der Waals surface area (Å²) in [4.78, 5) is 0. The fraction of sp³-hybridized carbons (Fsp3) is 0. The lowest BCUT2D eigenvalue weighted by Gasteiger charge is -2.05. The molecule has 0 radical (unpaired) electrons. The maximum Gasteiger partial charge on any atom is 0.0253 e. The number of hydrogen-bond acceptors (Lipinski definition) is 0. The van der Waals surface area contributed by atoms with E-state index in [1.165, 1.54) is 22.3 Å². The molecule has 0 unspecified atom stereocenters. The molecule has 0 aliphatic heterocycles. The van der Waals surface area contributed by atoms with E-state index < -0.39 is 0 Å². The van der Waals surface area contributed by atoms with Crippen LogP contribution in [0.3, 0.4) is 0 Å². The second kappa shape index (κ2) is 8.27. The van der Waals surface area contributed by atoms with Crippen LogP contribution in [-0.4, -0.2) is 0 Å². The van der Waals surface area contributed by atoms with Crippen LogP contribution in [0.15, 0.2) is 84.9 Å². The molecule has 2 heteroatoms. The van der Waals surface area contributed by atoms with Gasteiger partial charge in [0.05, 0.1) is 0 Å². The van der Waals surface area contributed by atoms with Crippen molar-refractivity contribution in [1.29, 1.82) is 0 Å². The highest BCUT2D eigenvalue weighted by Crippen LogP contribution is 2.29. The Hall–Kier alpha value is -1.90. The van der Waals surface area contributed by atoms with Gasteiger partial charge in [-0.1, -0.05) is 117 Å². The molecule has 0 fully saturated rings. The van der Waals surface area contributed by atoms with E-state index in [4.69, 9.17) is 0 Å². The molecule has 118 valence electrons. The normalized spacial score (nSPS) is 12.2. The Kier molecular flexibility index (Phi) is 5.84. The van der Waals surface area contributed by atoms with E-state index in [9.17, 15) is 0 Å². The Morgan fingerprint density at radius 2 is 0.833 bits per heavy atom. The molecular formula is C22H16Br2. The van der Waals surface area contributed by atoms with E-state index in [-0.39, 0.29) is 0 Å². The van der Waals surface area contributed by atoms with E-state index in [0.29, 0.717) is 0 Å². The highest BCUT2D eigenvalue weighted by Gasteiger charge is 2.03. The molecule has 3 rings (SSSR count). The zero-order chi connectivity index (χ0) is 16.8. The maximum absolute atomic E-state index is 3.70. The van der Waals surface area contributed by atoms with Crippen LogP contribution in [0.2, 0.25) is 0 Å². The molecule has 3 aromatic carbocycles. The van der Waals surface area contributed by atoms with E-state index in [0.717, 1.165) is 8.96 Å². The van der Waals surface area contributed by atoms with Gasteiger partial charge in [-0.15, -0.1) is 0 Å². The van der Waals surface area contributed by atoms with Gasteiger partial charge in [0.2, 0.25) is 0 Å². The van der Waals surface area contributed by atoms with Gasteiger partial charge in [-0.05, 0) is 34.4 Å². The number of benzene rings is 3. The summed E-state index contributed by atoms with van der Waals surface area (Å²) in [5, 5.41) is 0. The predicted octanol–water partition coefficient (Wildman–Crippen LogP) is 7.47. The van der Waals surface area contributed by atoms with Gasteiger partial charge in [0.25, 0.3) is 0 Å². The van der Waals surface area contributed by atoms with Crippen molar-refractivity contribution < 1.29 is 0 Å². The summed E-state index contributed by atoms with van der Waals surface area (Å²) in [5.74, 6) is 0. The minimum atomic E-state index is 1.07. The van der Waals surface area contributed by atoms with Gasteiger partial charge in [0.1, 0.15) is 0 Å². The van der Waals surface area contributed by atoms with Gasteiger partial charge in [0.15, 0.2) is 0 Å². The van der Waals surface area contributed by atoms with Gasteiger partial charge in [-0.25, -0.2) is 0 Å². The molecule has 3 aromatic rings. The van der Waals surface area contributed by atoms with E-state index in [1.54, 1.807) is 0 Å². The van der Waals surface area contributed by atoms with Crippen molar-refractivity contribution in [3.05, 3.63) is 107 Å². The monoisotopic (exact) mass is 438 g/mol. The van der Waals surface area contributed by atoms with Crippen LogP contribution in [0.4, 0.5) is 0 Å². The highest BCUT2D eigenvalue weighted by atomic mass is 79.9. The topological polar surface area (TPSA) is 0 Å². The lowest BCUT2D eigenvalue weighted by atomic mass is 10.0. The molecule has 0 heterocycles. The van der Waals surface area contributed by atoms with Gasteiger partial charge >= 0.3 is 0 Å². The van der Waals surface area contributed by atoms with Gasteiger partial charge in [-0.2, -0.15) is 0 Å². The average Bonchev–Trinajstić information content (AvgIpc) is 2.64. The quantitative estimate of drug-likeness (QED) is 0.369. The van der Waals surface area contributed by atoms with Crippen LogP contribution >= 0.6 is 31.9 Å². The van der Waals surface area contributed by atoms with Crippen LogP contribution < -0.4 is 0 Å². The van der Waals surface area contributed by atoms with Crippen molar-refractivity contribution in [2.24, 2.45) is 0 Å². The smallest absolute Gasteiger partial charge is 0.0253 e. The van der Waals surface area contributed by atoms with Crippen molar-refractivity contribution in [1.82, 2.24) is 0 Å². The lowest BCUT2D eigenvalue weighted by molar-refractivity contribution is 1.60. The third-order valence-electron chi connectivity index (χ3n) is 3.66. The van der Waals surface area contributed by atoms with Crippen molar-refractivity contribution in [3.63, 3.8) is 0 Å². The summed E-state index contributed by atoms with van der Waals surface area (Å²) in [7, 11) is 0. The second-order valence-corrected chi connectivity index (χ2v) is 7.05. The molecule has 0 aliphatic carbocycles. The van der Waals surface area contributed by atoms with Crippen LogP contribution in [0.1, 0.15) is 22.3 Å². The minimum Gasteiger partial charge on any atom is -0.0622 e. The second-order valence-electron chi connectivity index (χ2n) is 5.35. The molecule has 0 saturated heterocycles. The molecule has 0 spiro atoms. The zero-order valence-corrected chi connectivity index (χ0v) is 16.2. The third-order valence-corrected chi connectivity index (χ3v) is 5.03. The summed E-state index contributed by atoms with van der Waals surface area (Å²) in [6.07, 6.45) is 4.32.